The molecule has 1 aromatic carbocycles. The van der Waals surface area contributed by atoms with Crippen LogP contribution in [0.3, 0.4) is 0 Å². The van der Waals surface area contributed by atoms with Crippen LogP contribution in [0.4, 0.5) is 0 Å². The highest BCUT2D eigenvalue weighted by molar-refractivity contribution is 5.94. The molecule has 112 valence electrons. The monoisotopic (exact) mass is 281 g/mol. The molecule has 0 bridgehead atoms. The molecule has 20 heavy (non-hydrogen) atoms. The first-order chi connectivity index (χ1) is 9.58. The summed E-state index contributed by atoms with van der Waals surface area (Å²) in [4.78, 5) is 11.8. The highest BCUT2D eigenvalue weighted by Gasteiger charge is 2.11. The summed E-state index contributed by atoms with van der Waals surface area (Å²) in [5, 5.41) is 11.3. The van der Waals surface area contributed by atoms with E-state index in [-0.39, 0.29) is 19.1 Å². The third-order valence-corrected chi connectivity index (χ3v) is 2.78. The van der Waals surface area contributed by atoms with Gasteiger partial charge in [-0.1, -0.05) is 13.8 Å². The fourth-order valence-electron chi connectivity index (χ4n) is 1.60. The number of methoxy groups -OCH3 is 1. The summed E-state index contributed by atoms with van der Waals surface area (Å²) >= 11 is 0. The number of carbonyl (C=O) groups excluding carboxylic acids is 1. The van der Waals surface area contributed by atoms with Crippen molar-refractivity contribution in [2.45, 2.75) is 20.3 Å². The standard InChI is InChI=1S/C15H23NO4/c1-11(2)6-9-20-13-5-4-12(10-14(13)19-3)15(18)16-7-8-17/h4-5,10-11,17H,6-9H2,1-3H3,(H,16,18). The Kier molecular flexibility index (Phi) is 6.87. The molecule has 0 saturated heterocycles. The molecule has 0 radical (unpaired) electrons. The Morgan fingerprint density at radius 3 is 2.70 bits per heavy atom. The third kappa shape index (κ3) is 5.09. The van der Waals surface area contributed by atoms with Gasteiger partial charge in [-0.3, -0.25) is 4.79 Å². The predicted octanol–water partition coefficient (Wildman–Crippen LogP) is 1.84. The van der Waals surface area contributed by atoms with Gasteiger partial charge in [0.1, 0.15) is 0 Å². The van der Waals surface area contributed by atoms with E-state index in [1.54, 1.807) is 25.3 Å². The summed E-state index contributed by atoms with van der Waals surface area (Å²) in [5.41, 5.74) is 0.478. The van der Waals surface area contributed by atoms with E-state index in [4.69, 9.17) is 14.6 Å². The van der Waals surface area contributed by atoms with Gasteiger partial charge < -0.3 is 19.9 Å². The fraction of sp³-hybridized carbons (Fsp3) is 0.533. The SMILES string of the molecule is COc1cc(C(=O)NCCO)ccc1OCCC(C)C. The van der Waals surface area contributed by atoms with E-state index in [9.17, 15) is 4.79 Å². The lowest BCUT2D eigenvalue weighted by Gasteiger charge is -2.13. The van der Waals surface area contributed by atoms with Crippen LogP contribution in [-0.2, 0) is 0 Å². The number of nitrogens with one attached hydrogen (secondary N) is 1. The lowest BCUT2D eigenvalue weighted by molar-refractivity contribution is 0.0944. The summed E-state index contributed by atoms with van der Waals surface area (Å²) in [6.07, 6.45) is 0.960. The van der Waals surface area contributed by atoms with Crippen molar-refractivity contribution in [3.05, 3.63) is 23.8 Å². The molecule has 0 spiro atoms. The van der Waals surface area contributed by atoms with Crippen LogP contribution in [0.5, 0.6) is 11.5 Å². The first kappa shape index (κ1) is 16.3. The minimum absolute atomic E-state index is 0.0841. The second-order valence-electron chi connectivity index (χ2n) is 4.88. The van der Waals surface area contributed by atoms with Crippen LogP contribution in [-0.4, -0.2) is 37.9 Å². The summed E-state index contributed by atoms with van der Waals surface area (Å²) in [5.74, 6) is 1.49. The van der Waals surface area contributed by atoms with E-state index in [0.717, 1.165) is 6.42 Å². The molecule has 0 atom stereocenters. The second kappa shape index (κ2) is 8.43. The zero-order valence-corrected chi connectivity index (χ0v) is 12.3. The van der Waals surface area contributed by atoms with Crippen molar-refractivity contribution in [2.75, 3.05) is 26.9 Å². The van der Waals surface area contributed by atoms with Crippen LogP contribution >= 0.6 is 0 Å². The number of benzene rings is 1. The average molecular weight is 281 g/mol. The van der Waals surface area contributed by atoms with Crippen LogP contribution in [0, 0.1) is 5.92 Å². The van der Waals surface area contributed by atoms with Gasteiger partial charge in [0.05, 0.1) is 20.3 Å². The molecule has 0 fully saturated rings. The van der Waals surface area contributed by atoms with Crippen molar-refractivity contribution in [1.29, 1.82) is 0 Å². The third-order valence-electron chi connectivity index (χ3n) is 2.78. The van der Waals surface area contributed by atoms with Gasteiger partial charge in [0, 0.05) is 12.1 Å². The van der Waals surface area contributed by atoms with Crippen LogP contribution < -0.4 is 14.8 Å². The van der Waals surface area contributed by atoms with Crippen molar-refractivity contribution in [1.82, 2.24) is 5.32 Å². The van der Waals surface area contributed by atoms with E-state index in [1.165, 1.54) is 0 Å². The van der Waals surface area contributed by atoms with Crippen molar-refractivity contribution in [3.8, 4) is 11.5 Å². The van der Waals surface area contributed by atoms with Crippen molar-refractivity contribution in [3.63, 3.8) is 0 Å². The van der Waals surface area contributed by atoms with Crippen LogP contribution in [0.1, 0.15) is 30.6 Å². The van der Waals surface area contributed by atoms with Gasteiger partial charge in [0.25, 0.3) is 5.91 Å². The molecule has 5 heteroatoms. The van der Waals surface area contributed by atoms with Crippen molar-refractivity contribution >= 4 is 5.91 Å². The van der Waals surface area contributed by atoms with E-state index in [1.807, 2.05) is 0 Å². The zero-order chi connectivity index (χ0) is 15.0. The topological polar surface area (TPSA) is 67.8 Å². The van der Waals surface area contributed by atoms with Gasteiger partial charge >= 0.3 is 0 Å². The zero-order valence-electron chi connectivity index (χ0n) is 12.3. The van der Waals surface area contributed by atoms with E-state index in [2.05, 4.69) is 19.2 Å². The molecule has 0 aliphatic heterocycles. The molecular formula is C15H23NO4. The highest BCUT2D eigenvalue weighted by Crippen LogP contribution is 2.28. The Balaban J connectivity index is 2.72. The minimum atomic E-state index is -0.244. The van der Waals surface area contributed by atoms with E-state index in [0.29, 0.717) is 29.6 Å². The number of carbonyl (C=O) groups is 1. The number of ether oxygens (including phenoxy) is 2. The Bertz CT molecular complexity index is 432. The van der Waals surface area contributed by atoms with Crippen molar-refractivity contribution < 1.29 is 19.4 Å². The summed E-state index contributed by atoms with van der Waals surface area (Å²) < 4.78 is 10.9. The molecule has 1 aromatic rings. The minimum Gasteiger partial charge on any atom is -0.493 e. The Hall–Kier alpha value is -1.75. The summed E-state index contributed by atoms with van der Waals surface area (Å²) in [7, 11) is 1.54. The van der Waals surface area contributed by atoms with Gasteiger partial charge in [0.2, 0.25) is 0 Å². The Labute approximate surface area is 119 Å². The van der Waals surface area contributed by atoms with Crippen LogP contribution in [0.2, 0.25) is 0 Å². The lowest BCUT2D eigenvalue weighted by atomic mass is 10.1. The normalized spacial score (nSPS) is 10.4. The number of rotatable bonds is 8. The van der Waals surface area contributed by atoms with E-state index < -0.39 is 0 Å². The molecule has 1 rings (SSSR count). The molecule has 0 aromatic heterocycles. The fourth-order valence-corrected chi connectivity index (χ4v) is 1.60. The molecule has 0 saturated carbocycles. The lowest BCUT2D eigenvalue weighted by Crippen LogP contribution is -2.26. The molecule has 2 N–H and O–H groups in total. The van der Waals surface area contributed by atoms with Crippen molar-refractivity contribution in [2.24, 2.45) is 5.92 Å². The van der Waals surface area contributed by atoms with Crippen LogP contribution in [0.15, 0.2) is 18.2 Å². The molecule has 0 unspecified atom stereocenters. The molecule has 5 nitrogen and oxygen atoms in total. The smallest absolute Gasteiger partial charge is 0.251 e. The van der Waals surface area contributed by atoms with Gasteiger partial charge in [-0.25, -0.2) is 0 Å². The number of hydrogen-bond acceptors (Lipinski definition) is 4. The van der Waals surface area contributed by atoms with Gasteiger partial charge in [-0.15, -0.1) is 0 Å². The molecule has 0 heterocycles. The van der Waals surface area contributed by atoms with Crippen LogP contribution in [0.25, 0.3) is 0 Å². The number of aliphatic hydroxyl groups excluding tert-OH is 1. The molecular weight excluding hydrogens is 258 g/mol. The maximum absolute atomic E-state index is 11.8. The Morgan fingerprint density at radius 1 is 1.35 bits per heavy atom. The number of hydrogen-bond donors (Lipinski definition) is 2. The number of amides is 1. The summed E-state index contributed by atoms with van der Waals surface area (Å²) in [6, 6.07) is 5.05. The molecule has 0 aliphatic carbocycles. The molecule has 1 amide bonds. The van der Waals surface area contributed by atoms with Gasteiger partial charge in [0.15, 0.2) is 11.5 Å². The quantitative estimate of drug-likeness (QED) is 0.763. The first-order valence-corrected chi connectivity index (χ1v) is 6.78. The Morgan fingerprint density at radius 2 is 2.10 bits per heavy atom. The van der Waals surface area contributed by atoms with E-state index >= 15 is 0 Å². The predicted molar refractivity (Wildman–Crippen MR) is 77.4 cm³/mol. The highest BCUT2D eigenvalue weighted by atomic mass is 16.5. The maximum Gasteiger partial charge on any atom is 0.251 e. The first-order valence-electron chi connectivity index (χ1n) is 6.78. The maximum atomic E-state index is 11.8. The summed E-state index contributed by atoms with van der Waals surface area (Å²) in [6.45, 7) is 5.03. The van der Waals surface area contributed by atoms with Gasteiger partial charge in [-0.05, 0) is 30.5 Å². The molecule has 0 aliphatic rings. The number of aliphatic hydroxyl groups is 1. The second-order valence-corrected chi connectivity index (χ2v) is 4.88. The largest absolute Gasteiger partial charge is 0.493 e. The average Bonchev–Trinajstić information content (AvgIpc) is 2.44. The van der Waals surface area contributed by atoms with Gasteiger partial charge in [-0.2, -0.15) is 0 Å².